The van der Waals surface area contributed by atoms with E-state index in [-0.39, 0.29) is 18.2 Å². The van der Waals surface area contributed by atoms with Gasteiger partial charge in [0.2, 0.25) is 0 Å². The molecular weight excluding hydrogens is 266 g/mol. The van der Waals surface area contributed by atoms with Gasteiger partial charge in [-0.3, -0.25) is 9.69 Å². The van der Waals surface area contributed by atoms with E-state index < -0.39 is 5.97 Å². The molecule has 4 nitrogen and oxygen atoms in total. The molecule has 1 aromatic rings. The van der Waals surface area contributed by atoms with Gasteiger partial charge in [-0.1, -0.05) is 32.0 Å². The molecule has 0 saturated carbocycles. The minimum atomic E-state index is -0.780. The van der Waals surface area contributed by atoms with Crippen molar-refractivity contribution in [1.29, 1.82) is 0 Å². The van der Waals surface area contributed by atoms with Gasteiger partial charge in [-0.2, -0.15) is 0 Å². The highest BCUT2D eigenvalue weighted by atomic mass is 16.5. The number of benzene rings is 1. The smallest absolute Gasteiger partial charge is 0.317 e. The molecule has 0 saturated heterocycles. The lowest BCUT2D eigenvalue weighted by atomic mass is 9.88. The highest BCUT2D eigenvalue weighted by Gasteiger charge is 2.37. The average molecular weight is 291 g/mol. The molecule has 0 amide bonds. The maximum Gasteiger partial charge on any atom is 0.317 e. The summed E-state index contributed by atoms with van der Waals surface area (Å²) in [6, 6.07) is 8.05. The highest BCUT2D eigenvalue weighted by molar-refractivity contribution is 5.69. The van der Waals surface area contributed by atoms with Gasteiger partial charge in [0.15, 0.2) is 0 Å². The fraction of sp³-hybridized carbons (Fsp3) is 0.588. The number of hydrogen-bond donors (Lipinski definition) is 1. The molecule has 2 rings (SSSR count). The molecule has 0 radical (unpaired) electrons. The summed E-state index contributed by atoms with van der Waals surface area (Å²) in [6.45, 7) is 9.18. The largest absolute Gasteiger partial charge is 0.487 e. The summed E-state index contributed by atoms with van der Waals surface area (Å²) in [7, 11) is 0. The van der Waals surface area contributed by atoms with Crippen molar-refractivity contribution in [3.63, 3.8) is 0 Å². The van der Waals surface area contributed by atoms with Crippen LogP contribution in [0.25, 0.3) is 0 Å². The number of carboxylic acid groups (broad SMARTS) is 1. The molecule has 1 aliphatic heterocycles. The fourth-order valence-electron chi connectivity index (χ4n) is 3.03. The van der Waals surface area contributed by atoms with Gasteiger partial charge in [0.05, 0.1) is 6.54 Å². The third kappa shape index (κ3) is 3.97. The van der Waals surface area contributed by atoms with Crippen molar-refractivity contribution in [2.75, 3.05) is 13.1 Å². The minimum absolute atomic E-state index is 0.0628. The number of para-hydroxylation sites is 1. The molecule has 1 heterocycles. The number of fused-ring (bicyclic) bond motifs is 1. The van der Waals surface area contributed by atoms with E-state index in [1.54, 1.807) is 0 Å². The summed E-state index contributed by atoms with van der Waals surface area (Å²) >= 11 is 0. The molecule has 21 heavy (non-hydrogen) atoms. The van der Waals surface area contributed by atoms with Crippen LogP contribution in [0, 0.1) is 5.92 Å². The molecule has 0 aromatic heterocycles. The van der Waals surface area contributed by atoms with Gasteiger partial charge >= 0.3 is 5.97 Å². The number of carbonyl (C=O) groups is 1. The number of hydrogen-bond acceptors (Lipinski definition) is 3. The van der Waals surface area contributed by atoms with Crippen LogP contribution in [0.2, 0.25) is 0 Å². The van der Waals surface area contributed by atoms with Crippen LogP contribution in [0.3, 0.4) is 0 Å². The standard InChI is InChI=1S/C17H25NO3/c1-12(2)10-18(11-16(19)20)14-9-17(3,4)21-15-8-6-5-7-13(14)15/h5-8,12,14H,9-11H2,1-4H3,(H,19,20). The molecule has 1 atom stereocenters. The first-order valence-electron chi connectivity index (χ1n) is 7.52. The Morgan fingerprint density at radius 3 is 2.71 bits per heavy atom. The summed E-state index contributed by atoms with van der Waals surface area (Å²) in [5.41, 5.74) is 0.811. The lowest BCUT2D eigenvalue weighted by Crippen LogP contribution is -2.44. The summed E-state index contributed by atoms with van der Waals surface area (Å²) in [5.74, 6) is 0.512. The van der Waals surface area contributed by atoms with Crippen LogP contribution in [0.15, 0.2) is 24.3 Å². The predicted molar refractivity (Wildman–Crippen MR) is 82.6 cm³/mol. The van der Waals surface area contributed by atoms with Crippen molar-refractivity contribution < 1.29 is 14.6 Å². The van der Waals surface area contributed by atoms with E-state index in [1.807, 2.05) is 24.3 Å². The van der Waals surface area contributed by atoms with E-state index in [4.69, 9.17) is 4.74 Å². The first-order chi connectivity index (χ1) is 9.78. The Bertz CT molecular complexity index is 511. The maximum atomic E-state index is 11.2. The quantitative estimate of drug-likeness (QED) is 0.904. The van der Waals surface area contributed by atoms with E-state index in [1.165, 1.54) is 0 Å². The summed E-state index contributed by atoms with van der Waals surface area (Å²) in [5, 5.41) is 9.23. The SMILES string of the molecule is CC(C)CN(CC(=O)O)C1CC(C)(C)Oc2ccccc21. The third-order valence-electron chi connectivity index (χ3n) is 3.73. The van der Waals surface area contributed by atoms with E-state index in [2.05, 4.69) is 32.6 Å². The second-order valence-corrected chi connectivity index (χ2v) is 6.84. The summed E-state index contributed by atoms with van der Waals surface area (Å²) in [4.78, 5) is 13.3. The van der Waals surface area contributed by atoms with Crippen LogP contribution in [-0.4, -0.2) is 34.7 Å². The number of aliphatic carboxylic acids is 1. The summed E-state index contributed by atoms with van der Waals surface area (Å²) in [6.07, 6.45) is 0.796. The van der Waals surface area contributed by atoms with Gasteiger partial charge in [0.25, 0.3) is 0 Å². The number of ether oxygens (including phenoxy) is 1. The van der Waals surface area contributed by atoms with Gasteiger partial charge in [-0.25, -0.2) is 0 Å². The van der Waals surface area contributed by atoms with E-state index in [0.717, 1.165) is 24.3 Å². The second kappa shape index (κ2) is 6.06. The lowest BCUT2D eigenvalue weighted by molar-refractivity contribution is -0.139. The molecule has 4 heteroatoms. The van der Waals surface area contributed by atoms with Gasteiger partial charge in [0.1, 0.15) is 11.4 Å². The molecule has 0 fully saturated rings. The van der Waals surface area contributed by atoms with Crippen molar-refractivity contribution in [3.8, 4) is 5.75 Å². The average Bonchev–Trinajstić information content (AvgIpc) is 2.34. The summed E-state index contributed by atoms with van der Waals surface area (Å²) < 4.78 is 6.04. The first kappa shape index (κ1) is 15.8. The van der Waals surface area contributed by atoms with Crippen molar-refractivity contribution in [1.82, 2.24) is 4.90 Å². The zero-order valence-corrected chi connectivity index (χ0v) is 13.3. The molecule has 1 N–H and O–H groups in total. The topological polar surface area (TPSA) is 49.8 Å². The molecular formula is C17H25NO3. The molecule has 1 unspecified atom stereocenters. The van der Waals surface area contributed by atoms with Crippen LogP contribution in [0.1, 0.15) is 45.7 Å². The van der Waals surface area contributed by atoms with Crippen LogP contribution < -0.4 is 4.74 Å². The second-order valence-electron chi connectivity index (χ2n) is 6.84. The Balaban J connectivity index is 2.36. The third-order valence-corrected chi connectivity index (χ3v) is 3.73. The van der Waals surface area contributed by atoms with Gasteiger partial charge in [0, 0.05) is 24.6 Å². The van der Waals surface area contributed by atoms with Crippen molar-refractivity contribution in [2.45, 2.75) is 45.8 Å². The number of rotatable bonds is 5. The highest BCUT2D eigenvalue weighted by Crippen LogP contribution is 2.42. The Morgan fingerprint density at radius 1 is 1.43 bits per heavy atom. The minimum Gasteiger partial charge on any atom is -0.487 e. The Labute approximate surface area is 126 Å². The molecule has 1 aromatic carbocycles. The lowest BCUT2D eigenvalue weighted by Gasteiger charge is -2.42. The van der Waals surface area contributed by atoms with E-state index in [9.17, 15) is 9.90 Å². The van der Waals surface area contributed by atoms with Crippen LogP contribution >= 0.6 is 0 Å². The Hall–Kier alpha value is -1.55. The van der Waals surface area contributed by atoms with Crippen molar-refractivity contribution in [2.24, 2.45) is 5.92 Å². The number of carboxylic acids is 1. The Morgan fingerprint density at radius 2 is 2.10 bits per heavy atom. The predicted octanol–water partition coefficient (Wildman–Crippen LogP) is 3.33. The normalized spacial score (nSPS) is 20.2. The monoisotopic (exact) mass is 291 g/mol. The Kier molecular flexibility index (Phi) is 4.57. The van der Waals surface area contributed by atoms with Gasteiger partial charge < -0.3 is 9.84 Å². The molecule has 0 aliphatic carbocycles. The fourth-order valence-corrected chi connectivity index (χ4v) is 3.03. The zero-order valence-electron chi connectivity index (χ0n) is 13.3. The van der Waals surface area contributed by atoms with E-state index >= 15 is 0 Å². The van der Waals surface area contributed by atoms with Crippen molar-refractivity contribution >= 4 is 5.97 Å². The van der Waals surface area contributed by atoms with E-state index in [0.29, 0.717) is 5.92 Å². The first-order valence-corrected chi connectivity index (χ1v) is 7.52. The van der Waals surface area contributed by atoms with Crippen molar-refractivity contribution in [3.05, 3.63) is 29.8 Å². The van der Waals surface area contributed by atoms with Crippen LogP contribution in [0.5, 0.6) is 5.75 Å². The van der Waals surface area contributed by atoms with Gasteiger partial charge in [-0.15, -0.1) is 0 Å². The van der Waals surface area contributed by atoms with Gasteiger partial charge in [-0.05, 0) is 25.8 Å². The van der Waals surface area contributed by atoms with Crippen LogP contribution in [0.4, 0.5) is 0 Å². The number of nitrogens with zero attached hydrogens (tertiary/aromatic N) is 1. The molecule has 116 valence electrons. The zero-order chi connectivity index (χ0) is 15.6. The maximum absolute atomic E-state index is 11.2. The van der Waals surface area contributed by atoms with Crippen LogP contribution in [-0.2, 0) is 4.79 Å². The molecule has 0 bridgehead atoms. The molecule has 1 aliphatic rings. The molecule has 0 spiro atoms.